The van der Waals surface area contributed by atoms with Crippen molar-refractivity contribution < 1.29 is 22.3 Å². The van der Waals surface area contributed by atoms with E-state index in [0.717, 1.165) is 18.2 Å². The lowest BCUT2D eigenvalue weighted by Crippen LogP contribution is -2.60. The summed E-state index contributed by atoms with van der Waals surface area (Å²) in [4.78, 5) is 9.02. The van der Waals surface area contributed by atoms with Crippen LogP contribution in [0.2, 0.25) is 0 Å². The van der Waals surface area contributed by atoms with Crippen LogP contribution in [0.3, 0.4) is 0 Å². The van der Waals surface area contributed by atoms with Gasteiger partial charge in [0.25, 0.3) is 5.69 Å². The smallest absolute Gasteiger partial charge is 0.269 e. The number of nitrogens with two attached hydrogens (primary N) is 1. The lowest BCUT2D eigenvalue weighted by molar-refractivity contribution is -0.385. The zero-order chi connectivity index (χ0) is 21.5. The third-order valence-corrected chi connectivity index (χ3v) is 9.28. The van der Waals surface area contributed by atoms with Crippen LogP contribution in [0.15, 0.2) is 18.2 Å². The minimum absolute atomic E-state index is 0.245. The Morgan fingerprint density at radius 3 is 2.32 bits per heavy atom. The molecule has 0 radical (unpaired) electrons. The summed E-state index contributed by atoms with van der Waals surface area (Å²) in [5.41, 5.74) is 3.68. The fourth-order valence-electron chi connectivity index (χ4n) is 2.93. The molecule has 0 heterocycles. The Kier molecular flexibility index (Phi) is 6.18. The first-order chi connectivity index (χ1) is 12.6. The van der Waals surface area contributed by atoms with E-state index in [9.17, 15) is 27.5 Å². The van der Waals surface area contributed by atoms with Crippen molar-refractivity contribution >= 4 is 26.9 Å². The van der Waals surface area contributed by atoms with E-state index in [0.29, 0.717) is 6.42 Å². The maximum Gasteiger partial charge on any atom is 0.269 e. The molecule has 0 unspecified atom stereocenters. The number of rotatable bonds is 7. The maximum absolute atomic E-state index is 14.7. The monoisotopic (exact) mass is 435 g/mol. The fraction of sp³-hybridized carbons (Fsp3) is 0.647. The van der Waals surface area contributed by atoms with E-state index < -0.39 is 58.5 Å². The van der Waals surface area contributed by atoms with Crippen molar-refractivity contribution in [3.05, 3.63) is 39.7 Å². The average Bonchev–Trinajstić information content (AvgIpc) is 2.50. The van der Waals surface area contributed by atoms with Gasteiger partial charge in [0.2, 0.25) is 0 Å². The molecule has 1 saturated carbocycles. The van der Waals surface area contributed by atoms with Crippen LogP contribution < -0.4 is 10.5 Å². The van der Waals surface area contributed by atoms with E-state index in [-0.39, 0.29) is 18.4 Å². The molecule has 0 aliphatic heterocycles. The summed E-state index contributed by atoms with van der Waals surface area (Å²) >= 11 is -1.77. The number of sulfone groups is 1. The van der Waals surface area contributed by atoms with Crippen molar-refractivity contribution in [1.29, 1.82) is 0 Å². The highest BCUT2D eigenvalue weighted by molar-refractivity contribution is 7.93. The number of hydrogen-bond donors (Lipinski definition) is 2. The number of nitrogens with one attached hydrogen (secondary N) is 1. The Hall–Kier alpha value is -1.27. The van der Waals surface area contributed by atoms with Gasteiger partial charge in [-0.25, -0.2) is 12.8 Å². The average molecular weight is 436 g/mol. The van der Waals surface area contributed by atoms with Gasteiger partial charge >= 0.3 is 0 Å². The highest BCUT2D eigenvalue weighted by Gasteiger charge is 2.51. The van der Waals surface area contributed by atoms with Crippen LogP contribution in [0.4, 0.5) is 10.1 Å². The molecule has 0 bridgehead atoms. The molecule has 0 amide bonds. The highest BCUT2D eigenvalue weighted by Crippen LogP contribution is 2.39. The molecule has 1 fully saturated rings. The third-order valence-electron chi connectivity index (χ3n) is 4.93. The van der Waals surface area contributed by atoms with Crippen LogP contribution in [0.25, 0.3) is 0 Å². The number of nitro benzene ring substituents is 1. The van der Waals surface area contributed by atoms with Gasteiger partial charge in [-0.05, 0) is 53.0 Å². The van der Waals surface area contributed by atoms with Crippen LogP contribution in [-0.4, -0.2) is 33.3 Å². The van der Waals surface area contributed by atoms with Gasteiger partial charge in [-0.2, -0.15) is 0 Å². The van der Waals surface area contributed by atoms with Gasteiger partial charge in [0, 0.05) is 29.1 Å². The molecule has 28 heavy (non-hydrogen) atoms. The van der Waals surface area contributed by atoms with Gasteiger partial charge in [0.1, 0.15) is 21.0 Å². The molecule has 8 nitrogen and oxygen atoms in total. The Morgan fingerprint density at radius 1 is 1.32 bits per heavy atom. The summed E-state index contributed by atoms with van der Waals surface area (Å²) in [7, 11) is -3.93. The quantitative estimate of drug-likeness (QED) is 0.380. The predicted octanol–water partition coefficient (Wildman–Crippen LogP) is 2.25. The van der Waals surface area contributed by atoms with Crippen LogP contribution >= 0.6 is 0 Å². The molecule has 158 valence electrons. The van der Waals surface area contributed by atoms with Gasteiger partial charge in [-0.15, -0.1) is 4.72 Å². The summed E-state index contributed by atoms with van der Waals surface area (Å²) in [6, 6.07) is 2.87. The lowest BCUT2D eigenvalue weighted by Gasteiger charge is -2.41. The van der Waals surface area contributed by atoms with E-state index in [1.807, 2.05) is 0 Å². The van der Waals surface area contributed by atoms with Crippen LogP contribution in [0.5, 0.6) is 0 Å². The molecule has 2 atom stereocenters. The van der Waals surface area contributed by atoms with Crippen molar-refractivity contribution in [2.24, 2.45) is 5.73 Å². The van der Waals surface area contributed by atoms with Crippen LogP contribution in [0.1, 0.15) is 52.5 Å². The number of non-ortho nitro benzene ring substituents is 1. The number of halogens is 1. The highest BCUT2D eigenvalue weighted by atomic mass is 32.2. The molecule has 0 spiro atoms. The Labute approximate surface area is 167 Å². The van der Waals surface area contributed by atoms with Crippen molar-refractivity contribution in [2.45, 2.75) is 62.1 Å². The van der Waals surface area contributed by atoms with Gasteiger partial charge in [-0.1, -0.05) is 0 Å². The first-order valence-electron chi connectivity index (χ1n) is 8.77. The largest absolute Gasteiger partial charge is 0.598 e. The normalized spacial score (nSPS) is 20.1. The van der Waals surface area contributed by atoms with Crippen molar-refractivity contribution in [1.82, 2.24) is 4.72 Å². The summed E-state index contributed by atoms with van der Waals surface area (Å²) < 4.78 is 55.2. The van der Waals surface area contributed by atoms with E-state index >= 15 is 0 Å². The van der Waals surface area contributed by atoms with Gasteiger partial charge < -0.3 is 10.3 Å². The SMILES string of the molecule is CC(C)(C)[S@@+]([O-])N[C@@](C)(CS(=O)(=O)C1(N)CCC1)c1cc([N+](=O)[O-])ccc1F. The standard InChI is InChI=1S/C17H26FN3O5S2/c1-15(2,3)27(24)20-16(4,11-28(25,26)17(19)8-5-9-17)13-10-12(21(22)23)6-7-14(13)18/h6-7,10,20H,5,8-9,11,19H2,1-4H3/t16-,27+/m0/s1. The van der Waals surface area contributed by atoms with Crippen molar-refractivity contribution in [3.8, 4) is 0 Å². The second-order valence-electron chi connectivity index (χ2n) is 8.41. The predicted molar refractivity (Wildman–Crippen MR) is 106 cm³/mol. The molecule has 1 aromatic carbocycles. The molecule has 1 aromatic rings. The van der Waals surface area contributed by atoms with E-state index in [4.69, 9.17) is 5.73 Å². The van der Waals surface area contributed by atoms with Crippen LogP contribution in [0, 0.1) is 15.9 Å². The fourth-order valence-corrected chi connectivity index (χ4v) is 6.10. The van der Waals surface area contributed by atoms with E-state index in [1.54, 1.807) is 20.8 Å². The van der Waals surface area contributed by atoms with E-state index in [2.05, 4.69) is 4.72 Å². The van der Waals surface area contributed by atoms with Crippen molar-refractivity contribution in [3.63, 3.8) is 0 Å². The first-order valence-corrected chi connectivity index (χ1v) is 11.6. The first kappa shape index (κ1) is 23.0. The van der Waals surface area contributed by atoms with Crippen molar-refractivity contribution in [2.75, 3.05) is 5.75 Å². The number of hydrogen-bond acceptors (Lipinski definition) is 7. The molecule has 0 saturated heterocycles. The Morgan fingerprint density at radius 2 is 1.89 bits per heavy atom. The zero-order valence-electron chi connectivity index (χ0n) is 16.3. The molecule has 11 heteroatoms. The molecule has 0 aromatic heterocycles. The number of nitro groups is 1. The van der Waals surface area contributed by atoms with Crippen LogP contribution in [-0.2, 0) is 26.7 Å². The second kappa shape index (κ2) is 7.52. The summed E-state index contributed by atoms with van der Waals surface area (Å²) in [5.74, 6) is -1.47. The molecule has 1 aliphatic carbocycles. The van der Waals surface area contributed by atoms with E-state index in [1.165, 1.54) is 6.92 Å². The topological polar surface area (TPSA) is 138 Å². The minimum atomic E-state index is -3.93. The number of benzene rings is 1. The zero-order valence-corrected chi connectivity index (χ0v) is 18.0. The summed E-state index contributed by atoms with van der Waals surface area (Å²) in [6.07, 6.45) is 1.23. The van der Waals surface area contributed by atoms with Gasteiger partial charge in [0.15, 0.2) is 9.84 Å². The molecular weight excluding hydrogens is 409 g/mol. The third kappa shape index (κ3) is 4.48. The molecular formula is C17H26FN3O5S2. The summed E-state index contributed by atoms with van der Waals surface area (Å²) in [5, 5.41) is 11.1. The number of nitrogens with zero attached hydrogens (tertiary/aromatic N) is 1. The lowest BCUT2D eigenvalue weighted by atomic mass is 9.93. The Bertz CT molecular complexity index is 868. The summed E-state index contributed by atoms with van der Waals surface area (Å²) in [6.45, 7) is 6.39. The van der Waals surface area contributed by atoms with Gasteiger partial charge in [-0.3, -0.25) is 10.1 Å². The molecule has 2 rings (SSSR count). The maximum atomic E-state index is 14.7. The molecule has 1 aliphatic rings. The Balaban J connectivity index is 2.56. The molecule has 3 N–H and O–H groups in total. The second-order valence-corrected chi connectivity index (χ2v) is 12.7. The van der Waals surface area contributed by atoms with Gasteiger partial charge in [0.05, 0.1) is 10.7 Å². The minimum Gasteiger partial charge on any atom is -0.598 e.